The van der Waals surface area contributed by atoms with E-state index in [9.17, 15) is 4.79 Å². The smallest absolute Gasteiger partial charge is 0.260 e. The molecule has 26 heavy (non-hydrogen) atoms. The monoisotopic (exact) mass is 359 g/mol. The van der Waals surface area contributed by atoms with E-state index in [0.29, 0.717) is 42.6 Å². The number of nitrogens with one attached hydrogen (secondary N) is 1. The lowest BCUT2D eigenvalue weighted by Gasteiger charge is -2.34. The van der Waals surface area contributed by atoms with Gasteiger partial charge in [0.25, 0.3) is 5.91 Å². The second kappa shape index (κ2) is 7.41. The number of carbonyl (C=O) groups excluding carboxylic acids is 1. The molecule has 1 amide bonds. The summed E-state index contributed by atoms with van der Waals surface area (Å²) in [5.41, 5.74) is 2.05. The summed E-state index contributed by atoms with van der Waals surface area (Å²) >= 11 is 0. The van der Waals surface area contributed by atoms with Gasteiger partial charge in [0.1, 0.15) is 23.2 Å². The number of rotatable bonds is 4. The summed E-state index contributed by atoms with van der Waals surface area (Å²) in [6.45, 7) is 8.97. The van der Waals surface area contributed by atoms with E-state index < -0.39 is 0 Å². The van der Waals surface area contributed by atoms with E-state index in [1.807, 2.05) is 26.8 Å². The summed E-state index contributed by atoms with van der Waals surface area (Å²) in [7, 11) is 1.81. The largest absolute Gasteiger partial charge is 0.377 e. The SMILES string of the molecule is CNc1cc(C)nc(C2COCCN2C(=O)c2c(C(C)C)noc2C)n1. The van der Waals surface area contributed by atoms with E-state index >= 15 is 0 Å². The van der Waals surface area contributed by atoms with Crippen LogP contribution in [0.5, 0.6) is 0 Å². The highest BCUT2D eigenvalue weighted by Crippen LogP contribution is 2.29. The Kier molecular flexibility index (Phi) is 5.22. The van der Waals surface area contributed by atoms with Crippen LogP contribution in [0.3, 0.4) is 0 Å². The Labute approximate surface area is 152 Å². The zero-order valence-electron chi connectivity index (χ0n) is 15.9. The maximum atomic E-state index is 13.3. The lowest BCUT2D eigenvalue weighted by molar-refractivity contribution is -0.00538. The molecule has 3 rings (SSSR count). The lowest BCUT2D eigenvalue weighted by atomic mass is 10.0. The van der Waals surface area contributed by atoms with Crippen molar-refractivity contribution < 1.29 is 14.1 Å². The van der Waals surface area contributed by atoms with Crippen LogP contribution in [0.25, 0.3) is 0 Å². The molecule has 1 N–H and O–H groups in total. The number of aromatic nitrogens is 3. The first-order chi connectivity index (χ1) is 12.4. The van der Waals surface area contributed by atoms with Crippen LogP contribution < -0.4 is 5.32 Å². The highest BCUT2D eigenvalue weighted by molar-refractivity contribution is 5.96. The first-order valence-electron chi connectivity index (χ1n) is 8.80. The third kappa shape index (κ3) is 3.41. The summed E-state index contributed by atoms with van der Waals surface area (Å²) in [5, 5.41) is 7.11. The molecule has 2 aromatic rings. The molecule has 1 aliphatic heterocycles. The average Bonchev–Trinajstić information content (AvgIpc) is 3.02. The van der Waals surface area contributed by atoms with E-state index in [0.717, 1.165) is 11.5 Å². The van der Waals surface area contributed by atoms with Gasteiger partial charge in [0.05, 0.1) is 18.9 Å². The lowest BCUT2D eigenvalue weighted by Crippen LogP contribution is -2.44. The number of nitrogens with zero attached hydrogens (tertiary/aromatic N) is 4. The zero-order valence-corrected chi connectivity index (χ0v) is 15.9. The molecule has 0 saturated carbocycles. The number of ether oxygens (including phenoxy) is 1. The van der Waals surface area contributed by atoms with Gasteiger partial charge in [-0.05, 0) is 19.8 Å². The van der Waals surface area contributed by atoms with Gasteiger partial charge in [-0.25, -0.2) is 9.97 Å². The Bertz CT molecular complexity index is 802. The van der Waals surface area contributed by atoms with E-state index in [-0.39, 0.29) is 17.9 Å². The normalized spacial score (nSPS) is 17.6. The van der Waals surface area contributed by atoms with Crippen LogP contribution in [0.1, 0.15) is 59.1 Å². The van der Waals surface area contributed by atoms with E-state index in [1.165, 1.54) is 0 Å². The van der Waals surface area contributed by atoms with E-state index in [2.05, 4.69) is 20.4 Å². The first kappa shape index (κ1) is 18.3. The molecule has 8 heteroatoms. The molecule has 0 aromatic carbocycles. The van der Waals surface area contributed by atoms with Crippen LogP contribution in [0.15, 0.2) is 10.6 Å². The molecule has 3 heterocycles. The Morgan fingerprint density at radius 3 is 2.81 bits per heavy atom. The quantitative estimate of drug-likeness (QED) is 0.896. The predicted molar refractivity (Wildman–Crippen MR) is 96.2 cm³/mol. The Balaban J connectivity index is 1.99. The molecule has 8 nitrogen and oxygen atoms in total. The van der Waals surface area contributed by atoms with Gasteiger partial charge in [-0.3, -0.25) is 4.79 Å². The Hall–Kier alpha value is -2.48. The van der Waals surface area contributed by atoms with Crippen molar-refractivity contribution in [3.8, 4) is 0 Å². The fraction of sp³-hybridized carbons (Fsp3) is 0.556. The molecule has 1 aliphatic rings. The van der Waals surface area contributed by atoms with Crippen LogP contribution >= 0.6 is 0 Å². The molecule has 1 fully saturated rings. The van der Waals surface area contributed by atoms with Crippen molar-refractivity contribution in [2.24, 2.45) is 0 Å². The molecular weight excluding hydrogens is 334 g/mol. The Morgan fingerprint density at radius 2 is 2.12 bits per heavy atom. The van der Waals surface area contributed by atoms with Crippen LogP contribution in [0.2, 0.25) is 0 Å². The van der Waals surface area contributed by atoms with Gasteiger partial charge in [0.15, 0.2) is 5.82 Å². The third-order valence-corrected chi connectivity index (χ3v) is 4.46. The molecule has 140 valence electrons. The van der Waals surface area contributed by atoms with Gasteiger partial charge in [0.2, 0.25) is 0 Å². The molecule has 0 radical (unpaired) electrons. The summed E-state index contributed by atoms with van der Waals surface area (Å²) in [6.07, 6.45) is 0. The number of hydrogen-bond acceptors (Lipinski definition) is 7. The topological polar surface area (TPSA) is 93.4 Å². The molecule has 2 aromatic heterocycles. The van der Waals surface area contributed by atoms with Gasteiger partial charge in [-0.1, -0.05) is 19.0 Å². The Morgan fingerprint density at radius 1 is 1.35 bits per heavy atom. The molecule has 1 saturated heterocycles. The van der Waals surface area contributed by atoms with E-state index in [4.69, 9.17) is 9.26 Å². The average molecular weight is 359 g/mol. The van der Waals surface area contributed by atoms with Crippen LogP contribution in [0.4, 0.5) is 5.82 Å². The van der Waals surface area contributed by atoms with Crippen LogP contribution in [0, 0.1) is 13.8 Å². The number of aryl methyl sites for hydroxylation is 2. The van der Waals surface area contributed by atoms with Crippen LogP contribution in [-0.4, -0.2) is 52.7 Å². The van der Waals surface area contributed by atoms with Crippen molar-refractivity contribution in [2.45, 2.75) is 39.7 Å². The van der Waals surface area contributed by atoms with Gasteiger partial charge < -0.3 is 19.5 Å². The summed E-state index contributed by atoms with van der Waals surface area (Å²) in [4.78, 5) is 24.2. The predicted octanol–water partition coefficient (Wildman–Crippen LogP) is 2.46. The molecule has 0 bridgehead atoms. The maximum Gasteiger partial charge on any atom is 0.260 e. The van der Waals surface area contributed by atoms with Gasteiger partial charge in [0, 0.05) is 25.4 Å². The van der Waals surface area contributed by atoms with Gasteiger partial charge in [-0.2, -0.15) is 0 Å². The van der Waals surface area contributed by atoms with Crippen molar-refractivity contribution in [1.82, 2.24) is 20.0 Å². The van der Waals surface area contributed by atoms with E-state index in [1.54, 1.807) is 18.9 Å². The van der Waals surface area contributed by atoms with Crippen molar-refractivity contribution in [3.05, 3.63) is 34.6 Å². The minimum atomic E-state index is -0.349. The molecule has 0 spiro atoms. The number of morpholine rings is 1. The van der Waals surface area contributed by atoms with Crippen LogP contribution in [-0.2, 0) is 4.74 Å². The van der Waals surface area contributed by atoms with Gasteiger partial charge in [-0.15, -0.1) is 0 Å². The number of amides is 1. The second-order valence-corrected chi connectivity index (χ2v) is 6.75. The molecule has 0 aliphatic carbocycles. The fourth-order valence-electron chi connectivity index (χ4n) is 3.12. The minimum absolute atomic E-state index is 0.0944. The molecular formula is C18H25N5O3. The summed E-state index contributed by atoms with van der Waals surface area (Å²) in [5.74, 6) is 1.80. The summed E-state index contributed by atoms with van der Waals surface area (Å²) < 4.78 is 10.9. The molecule has 1 atom stereocenters. The second-order valence-electron chi connectivity index (χ2n) is 6.75. The highest BCUT2D eigenvalue weighted by atomic mass is 16.5. The maximum absolute atomic E-state index is 13.3. The number of hydrogen-bond donors (Lipinski definition) is 1. The first-order valence-corrected chi connectivity index (χ1v) is 8.80. The minimum Gasteiger partial charge on any atom is -0.377 e. The highest BCUT2D eigenvalue weighted by Gasteiger charge is 2.35. The van der Waals surface area contributed by atoms with Crippen molar-refractivity contribution in [2.75, 3.05) is 32.1 Å². The zero-order chi connectivity index (χ0) is 18.8. The fourth-order valence-corrected chi connectivity index (χ4v) is 3.12. The van der Waals surface area contributed by atoms with Crippen molar-refractivity contribution in [1.29, 1.82) is 0 Å². The van der Waals surface area contributed by atoms with Crippen molar-refractivity contribution >= 4 is 11.7 Å². The third-order valence-electron chi connectivity index (χ3n) is 4.46. The van der Waals surface area contributed by atoms with Crippen molar-refractivity contribution in [3.63, 3.8) is 0 Å². The standard InChI is InChI=1S/C18H25N5O3/c1-10(2)16-15(12(4)26-22-16)18(24)23-6-7-25-9-13(23)17-20-11(3)8-14(19-5)21-17/h8,10,13H,6-7,9H2,1-5H3,(H,19,20,21). The van der Waals surface area contributed by atoms with Gasteiger partial charge >= 0.3 is 0 Å². The summed E-state index contributed by atoms with van der Waals surface area (Å²) in [6, 6.07) is 1.51. The molecule has 1 unspecified atom stereocenters. The number of carbonyl (C=O) groups is 1. The number of anilines is 1.